The first kappa shape index (κ1) is 23.7. The molecule has 1 atom stereocenters. The summed E-state index contributed by atoms with van der Waals surface area (Å²) in [7, 11) is -3.74. The third-order valence-electron chi connectivity index (χ3n) is 4.35. The van der Waals surface area contributed by atoms with Gasteiger partial charge in [0.1, 0.15) is 6.04 Å². The third kappa shape index (κ3) is 5.73. The molecule has 1 amide bonds. The summed E-state index contributed by atoms with van der Waals surface area (Å²) in [6.07, 6.45) is 1.30. The van der Waals surface area contributed by atoms with Crippen molar-refractivity contribution in [3.63, 3.8) is 0 Å². The Morgan fingerprint density at radius 2 is 1.77 bits per heavy atom. The van der Waals surface area contributed by atoms with E-state index in [1.807, 2.05) is 6.92 Å². The molecule has 0 heterocycles. The van der Waals surface area contributed by atoms with Crippen LogP contribution in [0.5, 0.6) is 0 Å². The van der Waals surface area contributed by atoms with E-state index in [0.717, 1.165) is 16.1 Å². The highest BCUT2D eigenvalue weighted by Gasteiger charge is 2.31. The minimum absolute atomic E-state index is 0.114. The van der Waals surface area contributed by atoms with Gasteiger partial charge in [-0.25, -0.2) is 13.2 Å². The molecule has 0 aliphatic carbocycles. The number of hydrogen-bond donors (Lipinski definition) is 1. The van der Waals surface area contributed by atoms with Gasteiger partial charge in [0.25, 0.3) is 0 Å². The van der Waals surface area contributed by atoms with Crippen molar-refractivity contribution in [1.29, 1.82) is 0 Å². The van der Waals surface area contributed by atoms with Crippen LogP contribution in [0.1, 0.15) is 36.2 Å². The molecule has 1 unspecified atom stereocenters. The highest BCUT2D eigenvalue weighted by molar-refractivity contribution is 7.92. The number of nitrogens with one attached hydrogen (secondary N) is 1. The molecule has 0 fully saturated rings. The van der Waals surface area contributed by atoms with Crippen molar-refractivity contribution >= 4 is 44.9 Å². The number of benzene rings is 2. The lowest BCUT2D eigenvalue weighted by atomic mass is 10.1. The summed E-state index contributed by atoms with van der Waals surface area (Å²) in [6.45, 7) is 5.47. The fourth-order valence-electron chi connectivity index (χ4n) is 2.95. The maximum atomic E-state index is 13.0. The van der Waals surface area contributed by atoms with Crippen LogP contribution < -0.4 is 9.62 Å². The smallest absolute Gasteiger partial charge is 0.339 e. The van der Waals surface area contributed by atoms with Crippen molar-refractivity contribution in [2.45, 2.75) is 33.2 Å². The SMILES string of the molecule is CCOC(=O)c1cc(NC(=O)C(CC)N(c2ccc(C)cc2)S(C)(=O)=O)ccc1Cl. The summed E-state index contributed by atoms with van der Waals surface area (Å²) in [5.74, 6) is -1.14. The minimum atomic E-state index is -3.74. The van der Waals surface area contributed by atoms with Gasteiger partial charge in [-0.2, -0.15) is 0 Å². The quantitative estimate of drug-likeness (QED) is 0.611. The summed E-state index contributed by atoms with van der Waals surface area (Å²) in [6, 6.07) is 10.3. The first-order chi connectivity index (χ1) is 14.1. The summed E-state index contributed by atoms with van der Waals surface area (Å²) in [5.41, 5.74) is 1.79. The lowest BCUT2D eigenvalue weighted by Crippen LogP contribution is -2.47. The Kier molecular flexibility index (Phi) is 7.86. The number of rotatable bonds is 8. The van der Waals surface area contributed by atoms with Gasteiger partial charge in [0.05, 0.1) is 29.1 Å². The van der Waals surface area contributed by atoms with Crippen LogP contribution in [0.15, 0.2) is 42.5 Å². The molecule has 2 aromatic carbocycles. The lowest BCUT2D eigenvalue weighted by molar-refractivity contribution is -0.117. The second kappa shape index (κ2) is 9.95. The largest absolute Gasteiger partial charge is 0.462 e. The van der Waals surface area contributed by atoms with E-state index in [4.69, 9.17) is 16.3 Å². The molecule has 0 saturated carbocycles. The van der Waals surface area contributed by atoms with Crippen LogP contribution in [-0.2, 0) is 19.6 Å². The second-order valence-electron chi connectivity index (χ2n) is 6.72. The van der Waals surface area contributed by atoms with Crippen LogP contribution in [0.2, 0.25) is 5.02 Å². The van der Waals surface area contributed by atoms with Crippen LogP contribution in [0, 0.1) is 6.92 Å². The molecule has 2 rings (SSSR count). The molecular formula is C21H25ClN2O5S. The molecule has 9 heteroatoms. The number of esters is 1. The average Bonchev–Trinajstić information content (AvgIpc) is 2.67. The molecule has 1 N–H and O–H groups in total. The Labute approximate surface area is 182 Å². The number of sulfonamides is 1. The molecule has 0 aromatic heterocycles. The van der Waals surface area contributed by atoms with Gasteiger partial charge in [-0.3, -0.25) is 9.10 Å². The standard InChI is InChI=1S/C21H25ClN2O5S/c1-5-19(24(30(4,27)28)16-10-7-14(3)8-11-16)20(25)23-15-9-12-18(22)17(13-15)21(26)29-6-2/h7-13,19H,5-6H2,1-4H3,(H,23,25). The molecule has 30 heavy (non-hydrogen) atoms. The van der Waals surface area contributed by atoms with Gasteiger partial charge in [-0.15, -0.1) is 0 Å². The predicted octanol–water partition coefficient (Wildman–Crippen LogP) is 4.01. The third-order valence-corrected chi connectivity index (χ3v) is 5.86. The molecule has 162 valence electrons. The van der Waals surface area contributed by atoms with E-state index < -0.39 is 27.9 Å². The van der Waals surface area contributed by atoms with E-state index >= 15 is 0 Å². The van der Waals surface area contributed by atoms with E-state index in [0.29, 0.717) is 11.4 Å². The monoisotopic (exact) mass is 452 g/mol. The minimum Gasteiger partial charge on any atom is -0.462 e. The van der Waals surface area contributed by atoms with Gasteiger partial charge in [-0.1, -0.05) is 36.2 Å². The molecule has 0 saturated heterocycles. The first-order valence-electron chi connectivity index (χ1n) is 9.42. The van der Waals surface area contributed by atoms with E-state index in [1.165, 1.54) is 18.2 Å². The van der Waals surface area contributed by atoms with Crippen molar-refractivity contribution in [3.8, 4) is 0 Å². The van der Waals surface area contributed by atoms with Crippen molar-refractivity contribution in [2.75, 3.05) is 22.5 Å². The van der Waals surface area contributed by atoms with Crippen molar-refractivity contribution < 1.29 is 22.7 Å². The lowest BCUT2D eigenvalue weighted by Gasteiger charge is -2.30. The zero-order chi connectivity index (χ0) is 22.5. The number of carbonyl (C=O) groups excluding carboxylic acids is 2. The Morgan fingerprint density at radius 1 is 1.13 bits per heavy atom. The van der Waals surface area contributed by atoms with Gasteiger partial charge in [-0.05, 0) is 50.6 Å². The zero-order valence-corrected chi connectivity index (χ0v) is 18.9. The number of amides is 1. The summed E-state index contributed by atoms with van der Waals surface area (Å²) >= 11 is 6.06. The number of halogens is 1. The summed E-state index contributed by atoms with van der Waals surface area (Å²) in [5, 5.41) is 2.87. The van der Waals surface area contributed by atoms with Gasteiger partial charge in [0, 0.05) is 5.69 Å². The molecule has 0 aliphatic heterocycles. The number of aryl methyl sites for hydroxylation is 1. The topological polar surface area (TPSA) is 92.8 Å². The molecule has 0 spiro atoms. The Balaban J connectivity index is 2.36. The molecule has 0 radical (unpaired) electrons. The summed E-state index contributed by atoms with van der Waals surface area (Å²) in [4.78, 5) is 25.0. The maximum absolute atomic E-state index is 13.0. The van der Waals surface area contributed by atoms with E-state index in [1.54, 1.807) is 38.1 Å². The normalized spacial score (nSPS) is 12.2. The fourth-order valence-corrected chi connectivity index (χ4v) is 4.35. The Bertz CT molecular complexity index is 1020. The Morgan fingerprint density at radius 3 is 2.30 bits per heavy atom. The highest BCUT2D eigenvalue weighted by atomic mass is 35.5. The summed E-state index contributed by atoms with van der Waals surface area (Å²) < 4.78 is 31.1. The van der Waals surface area contributed by atoms with Crippen molar-refractivity contribution in [2.24, 2.45) is 0 Å². The molecule has 2 aromatic rings. The van der Waals surface area contributed by atoms with Crippen LogP contribution in [0.25, 0.3) is 0 Å². The van der Waals surface area contributed by atoms with Gasteiger partial charge in [0.2, 0.25) is 15.9 Å². The highest BCUT2D eigenvalue weighted by Crippen LogP contribution is 2.25. The van der Waals surface area contributed by atoms with Crippen LogP contribution >= 0.6 is 11.6 Å². The molecule has 0 bridgehead atoms. The van der Waals surface area contributed by atoms with Gasteiger partial charge in [0.15, 0.2) is 0 Å². The number of nitrogens with zero attached hydrogens (tertiary/aromatic N) is 1. The number of hydrogen-bond acceptors (Lipinski definition) is 5. The average molecular weight is 453 g/mol. The van der Waals surface area contributed by atoms with Crippen LogP contribution in [-0.4, -0.2) is 39.2 Å². The number of anilines is 2. The van der Waals surface area contributed by atoms with E-state index in [-0.39, 0.29) is 23.6 Å². The van der Waals surface area contributed by atoms with Crippen LogP contribution in [0.3, 0.4) is 0 Å². The Hall–Kier alpha value is -2.58. The predicted molar refractivity (Wildman–Crippen MR) is 119 cm³/mol. The van der Waals surface area contributed by atoms with Crippen molar-refractivity contribution in [1.82, 2.24) is 0 Å². The number of carbonyl (C=O) groups is 2. The van der Waals surface area contributed by atoms with Crippen LogP contribution in [0.4, 0.5) is 11.4 Å². The second-order valence-corrected chi connectivity index (χ2v) is 8.99. The van der Waals surface area contributed by atoms with E-state index in [9.17, 15) is 18.0 Å². The fraction of sp³-hybridized carbons (Fsp3) is 0.333. The maximum Gasteiger partial charge on any atom is 0.339 e. The van der Waals surface area contributed by atoms with Gasteiger partial charge < -0.3 is 10.1 Å². The number of ether oxygens (including phenoxy) is 1. The molecule has 7 nitrogen and oxygen atoms in total. The molecular weight excluding hydrogens is 428 g/mol. The van der Waals surface area contributed by atoms with Crippen molar-refractivity contribution in [3.05, 3.63) is 58.6 Å². The first-order valence-corrected chi connectivity index (χ1v) is 11.6. The zero-order valence-electron chi connectivity index (χ0n) is 17.3. The van der Waals surface area contributed by atoms with E-state index in [2.05, 4.69) is 5.32 Å². The molecule has 0 aliphatic rings. The van der Waals surface area contributed by atoms with Gasteiger partial charge >= 0.3 is 5.97 Å².